The number of imidazole rings is 1. The van der Waals surface area contributed by atoms with E-state index in [1.54, 1.807) is 41.0 Å². The number of rotatable bonds is 6. The first-order chi connectivity index (χ1) is 15.1. The van der Waals surface area contributed by atoms with Gasteiger partial charge in [0.15, 0.2) is 15.7 Å². The molecular weight excluding hydrogens is 433 g/mol. The molecule has 0 saturated carbocycles. The molecule has 0 unspecified atom stereocenters. The summed E-state index contributed by atoms with van der Waals surface area (Å²) in [6, 6.07) is 13.3. The van der Waals surface area contributed by atoms with Gasteiger partial charge in [-0.05, 0) is 50.2 Å². The number of hydrogen-bond acceptors (Lipinski definition) is 5. The lowest BCUT2D eigenvalue weighted by atomic mass is 10.2. The quantitative estimate of drug-likeness (QED) is 0.482. The molecule has 8 nitrogen and oxygen atoms in total. The second-order valence-electron chi connectivity index (χ2n) is 7.73. The van der Waals surface area contributed by atoms with Crippen molar-refractivity contribution in [1.82, 2.24) is 19.3 Å². The third kappa shape index (κ3) is 4.54. The maximum absolute atomic E-state index is 14.7. The number of anilines is 1. The van der Waals surface area contributed by atoms with Crippen LogP contribution in [-0.2, 0) is 26.9 Å². The number of fused-ring (bicyclic) bond motifs is 1. The van der Waals surface area contributed by atoms with Crippen molar-refractivity contribution in [3.05, 3.63) is 71.6 Å². The minimum atomic E-state index is -3.35. The molecule has 2 aromatic carbocycles. The summed E-state index contributed by atoms with van der Waals surface area (Å²) in [4.78, 5) is 17.1. The van der Waals surface area contributed by atoms with Crippen LogP contribution in [0.2, 0.25) is 0 Å². The number of hydrogen-bond donors (Lipinski definition) is 1. The molecule has 1 N–H and O–H groups in total. The van der Waals surface area contributed by atoms with Crippen LogP contribution in [0.15, 0.2) is 48.5 Å². The van der Waals surface area contributed by atoms with E-state index >= 15 is 0 Å². The number of carbonyl (C=O) groups excluding carboxylic acids is 1. The first kappa shape index (κ1) is 21.7. The second kappa shape index (κ2) is 8.19. The molecule has 0 saturated heterocycles. The van der Waals surface area contributed by atoms with Crippen LogP contribution in [0.5, 0.6) is 0 Å². The molecular formula is C22H22FN5O3S. The molecule has 166 valence electrons. The zero-order valence-corrected chi connectivity index (χ0v) is 18.6. The number of aryl methyl sites for hydroxylation is 2. The topological polar surface area (TPSA) is 98.9 Å². The van der Waals surface area contributed by atoms with Gasteiger partial charge in [-0.2, -0.15) is 5.10 Å². The fourth-order valence-corrected chi connectivity index (χ4v) is 4.31. The Labute approximate surface area is 184 Å². The normalized spacial score (nSPS) is 11.8. The van der Waals surface area contributed by atoms with E-state index in [0.717, 1.165) is 17.6 Å². The van der Waals surface area contributed by atoms with Crippen molar-refractivity contribution in [2.24, 2.45) is 0 Å². The Hall–Kier alpha value is -3.53. The number of aromatic nitrogens is 4. The molecule has 0 aliphatic heterocycles. The van der Waals surface area contributed by atoms with Crippen LogP contribution in [0.4, 0.5) is 10.1 Å². The highest BCUT2D eigenvalue weighted by Crippen LogP contribution is 2.21. The third-order valence-corrected chi connectivity index (χ3v) is 5.68. The Bertz CT molecular complexity index is 1440. The highest BCUT2D eigenvalue weighted by Gasteiger charge is 2.18. The standard InChI is InChI=1S/C22H22FN5O3S/c1-14-10-15(2)28(26-14)19-9-8-16(11-17(19)23)24-22(29)12-27-20-7-5-4-6-18(20)25-21(27)13-32(3,30)31/h4-11H,12-13H2,1-3H3,(H,24,29). The van der Waals surface area contributed by atoms with Crippen molar-refractivity contribution < 1.29 is 17.6 Å². The molecule has 2 aromatic heterocycles. The van der Waals surface area contributed by atoms with Gasteiger partial charge in [-0.1, -0.05) is 12.1 Å². The molecule has 0 aliphatic carbocycles. The lowest BCUT2D eigenvalue weighted by molar-refractivity contribution is -0.116. The van der Waals surface area contributed by atoms with Crippen molar-refractivity contribution in [2.45, 2.75) is 26.1 Å². The van der Waals surface area contributed by atoms with Gasteiger partial charge >= 0.3 is 0 Å². The number of nitrogens with one attached hydrogen (secondary N) is 1. The number of amides is 1. The highest BCUT2D eigenvalue weighted by molar-refractivity contribution is 7.89. The Balaban J connectivity index is 1.58. The van der Waals surface area contributed by atoms with Gasteiger partial charge in [0.1, 0.15) is 23.8 Å². The Kier molecular flexibility index (Phi) is 5.55. The maximum Gasteiger partial charge on any atom is 0.244 e. The van der Waals surface area contributed by atoms with Crippen molar-refractivity contribution in [2.75, 3.05) is 11.6 Å². The summed E-state index contributed by atoms with van der Waals surface area (Å²) in [5, 5.41) is 6.95. The van der Waals surface area contributed by atoms with Crippen LogP contribution in [0.3, 0.4) is 0 Å². The second-order valence-corrected chi connectivity index (χ2v) is 9.87. The summed E-state index contributed by atoms with van der Waals surface area (Å²) in [5.74, 6) is -0.975. The summed E-state index contributed by atoms with van der Waals surface area (Å²) in [5.41, 5.74) is 3.38. The average molecular weight is 456 g/mol. The van der Waals surface area contributed by atoms with E-state index in [-0.39, 0.29) is 29.5 Å². The first-order valence-corrected chi connectivity index (χ1v) is 11.9. The summed E-state index contributed by atoms with van der Waals surface area (Å²) in [6.07, 6.45) is 1.11. The van der Waals surface area contributed by atoms with E-state index < -0.39 is 21.6 Å². The predicted octanol–water partition coefficient (Wildman–Crippen LogP) is 3.16. The number of nitrogens with zero attached hydrogens (tertiary/aromatic N) is 4. The van der Waals surface area contributed by atoms with E-state index in [9.17, 15) is 17.6 Å². The number of benzene rings is 2. The molecule has 0 radical (unpaired) electrons. The van der Waals surface area contributed by atoms with Crippen LogP contribution in [0.1, 0.15) is 17.2 Å². The molecule has 32 heavy (non-hydrogen) atoms. The van der Waals surface area contributed by atoms with Crippen LogP contribution in [-0.4, -0.2) is 39.9 Å². The van der Waals surface area contributed by atoms with Crippen molar-refractivity contribution in [1.29, 1.82) is 0 Å². The fourth-order valence-electron chi connectivity index (χ4n) is 3.62. The van der Waals surface area contributed by atoms with E-state index in [1.165, 1.54) is 10.7 Å². The molecule has 0 spiro atoms. The zero-order chi connectivity index (χ0) is 23.0. The summed E-state index contributed by atoms with van der Waals surface area (Å²) in [6.45, 7) is 3.50. The molecule has 0 atom stereocenters. The highest BCUT2D eigenvalue weighted by atomic mass is 32.2. The van der Waals surface area contributed by atoms with Crippen molar-refractivity contribution >= 4 is 32.5 Å². The molecule has 2 heterocycles. The number of sulfone groups is 1. The third-order valence-electron chi connectivity index (χ3n) is 4.90. The number of halogens is 1. The van der Waals surface area contributed by atoms with Gasteiger partial charge in [0.05, 0.1) is 16.7 Å². The van der Waals surface area contributed by atoms with Gasteiger partial charge in [-0.25, -0.2) is 22.5 Å². The van der Waals surface area contributed by atoms with Gasteiger partial charge in [0.2, 0.25) is 5.91 Å². The van der Waals surface area contributed by atoms with Crippen molar-refractivity contribution in [3.63, 3.8) is 0 Å². The van der Waals surface area contributed by atoms with Gasteiger partial charge in [-0.3, -0.25) is 4.79 Å². The van der Waals surface area contributed by atoms with Crippen LogP contribution in [0, 0.1) is 19.7 Å². The van der Waals surface area contributed by atoms with Gasteiger partial charge in [0, 0.05) is 17.6 Å². The van der Waals surface area contributed by atoms with Gasteiger partial charge in [-0.15, -0.1) is 0 Å². The summed E-state index contributed by atoms with van der Waals surface area (Å²) < 4.78 is 41.4. The number of para-hydroxylation sites is 2. The fraction of sp³-hybridized carbons (Fsp3) is 0.227. The molecule has 4 aromatic rings. The van der Waals surface area contributed by atoms with E-state index in [2.05, 4.69) is 15.4 Å². The van der Waals surface area contributed by atoms with Crippen LogP contribution < -0.4 is 5.32 Å². The zero-order valence-electron chi connectivity index (χ0n) is 17.8. The lowest BCUT2D eigenvalue weighted by Gasteiger charge is -2.11. The van der Waals surface area contributed by atoms with Crippen LogP contribution >= 0.6 is 0 Å². The smallest absolute Gasteiger partial charge is 0.244 e. The van der Waals surface area contributed by atoms with Crippen molar-refractivity contribution in [3.8, 4) is 5.69 Å². The van der Waals surface area contributed by atoms with Gasteiger partial charge < -0.3 is 9.88 Å². The summed E-state index contributed by atoms with van der Waals surface area (Å²) >= 11 is 0. The monoisotopic (exact) mass is 455 g/mol. The molecule has 1 amide bonds. The Morgan fingerprint density at radius 3 is 2.53 bits per heavy atom. The molecule has 4 rings (SSSR count). The SMILES string of the molecule is Cc1cc(C)n(-c2ccc(NC(=O)Cn3c(CS(C)(=O)=O)nc4ccccc43)cc2F)n1. The summed E-state index contributed by atoms with van der Waals surface area (Å²) in [7, 11) is -3.35. The molecule has 0 aliphatic rings. The Morgan fingerprint density at radius 1 is 1.12 bits per heavy atom. The minimum Gasteiger partial charge on any atom is -0.324 e. The first-order valence-electron chi connectivity index (χ1n) is 9.85. The van der Waals surface area contributed by atoms with Crippen LogP contribution in [0.25, 0.3) is 16.7 Å². The van der Waals surface area contributed by atoms with Gasteiger partial charge in [0.25, 0.3) is 0 Å². The van der Waals surface area contributed by atoms with E-state index in [4.69, 9.17) is 0 Å². The average Bonchev–Trinajstić information content (AvgIpc) is 3.19. The Morgan fingerprint density at radius 2 is 1.88 bits per heavy atom. The van der Waals surface area contributed by atoms with E-state index in [1.807, 2.05) is 19.9 Å². The molecule has 10 heteroatoms. The minimum absolute atomic E-state index is 0.161. The van der Waals surface area contributed by atoms with E-state index in [0.29, 0.717) is 11.0 Å². The largest absolute Gasteiger partial charge is 0.324 e. The molecule has 0 fully saturated rings. The predicted molar refractivity (Wildman–Crippen MR) is 120 cm³/mol. The molecule has 0 bridgehead atoms. The number of carbonyl (C=O) groups is 1. The lowest BCUT2D eigenvalue weighted by Crippen LogP contribution is -2.21. The maximum atomic E-state index is 14.7.